The molecule has 1 rings (SSSR count). The van der Waals surface area contributed by atoms with Gasteiger partial charge in [0.25, 0.3) is 0 Å². The molecular formula is C12H23NO. The molecule has 0 bridgehead atoms. The second kappa shape index (κ2) is 6.05. The molecule has 1 amide bonds. The summed E-state index contributed by atoms with van der Waals surface area (Å²) in [5, 5.41) is 3.03. The number of amides is 1. The van der Waals surface area contributed by atoms with Crippen molar-refractivity contribution < 1.29 is 4.79 Å². The van der Waals surface area contributed by atoms with Crippen LogP contribution in [0.15, 0.2) is 0 Å². The Morgan fingerprint density at radius 1 is 1.36 bits per heavy atom. The Balaban J connectivity index is 2.14. The zero-order valence-electron chi connectivity index (χ0n) is 9.51. The van der Waals surface area contributed by atoms with E-state index < -0.39 is 0 Å². The summed E-state index contributed by atoms with van der Waals surface area (Å²) in [7, 11) is 0. The lowest BCUT2D eigenvalue weighted by Gasteiger charge is -2.29. The van der Waals surface area contributed by atoms with Gasteiger partial charge in [-0.3, -0.25) is 4.79 Å². The molecule has 1 N–H and O–H groups in total. The Hall–Kier alpha value is -0.530. The molecule has 0 aromatic rings. The first-order valence-corrected chi connectivity index (χ1v) is 6.03. The average Bonchev–Trinajstić information content (AvgIpc) is 2.15. The second-order valence-corrected chi connectivity index (χ2v) is 4.50. The molecule has 82 valence electrons. The van der Waals surface area contributed by atoms with Crippen molar-refractivity contribution in [3.05, 3.63) is 0 Å². The molecule has 1 fully saturated rings. The number of carbonyl (C=O) groups excluding carboxylic acids is 1. The van der Waals surface area contributed by atoms with E-state index in [0.717, 1.165) is 18.8 Å². The Kier molecular flexibility index (Phi) is 4.99. The average molecular weight is 197 g/mol. The van der Waals surface area contributed by atoms with Crippen LogP contribution in [0.5, 0.6) is 0 Å². The van der Waals surface area contributed by atoms with Gasteiger partial charge in [0, 0.05) is 12.5 Å². The van der Waals surface area contributed by atoms with Gasteiger partial charge in [-0.2, -0.15) is 0 Å². The van der Waals surface area contributed by atoms with Gasteiger partial charge >= 0.3 is 0 Å². The summed E-state index contributed by atoms with van der Waals surface area (Å²) >= 11 is 0. The predicted molar refractivity (Wildman–Crippen MR) is 59.1 cm³/mol. The third kappa shape index (κ3) is 3.69. The van der Waals surface area contributed by atoms with Crippen molar-refractivity contribution >= 4 is 5.91 Å². The summed E-state index contributed by atoms with van der Waals surface area (Å²) in [6.07, 6.45) is 8.47. The van der Waals surface area contributed by atoms with E-state index in [1.165, 1.54) is 32.1 Å². The lowest BCUT2D eigenvalue weighted by Crippen LogP contribution is -2.42. The number of hydrogen-bond donors (Lipinski definition) is 1. The molecule has 14 heavy (non-hydrogen) atoms. The first-order chi connectivity index (χ1) is 6.74. The van der Waals surface area contributed by atoms with Crippen LogP contribution >= 0.6 is 0 Å². The van der Waals surface area contributed by atoms with E-state index in [1.54, 1.807) is 0 Å². The van der Waals surface area contributed by atoms with Gasteiger partial charge in [0.1, 0.15) is 0 Å². The quantitative estimate of drug-likeness (QED) is 0.675. The summed E-state index contributed by atoms with van der Waals surface area (Å²) in [5.74, 6) is 0.965. The van der Waals surface area contributed by atoms with E-state index in [2.05, 4.69) is 19.2 Å². The van der Waals surface area contributed by atoms with E-state index in [1.807, 2.05) is 0 Å². The van der Waals surface area contributed by atoms with Crippen molar-refractivity contribution in [1.82, 2.24) is 5.32 Å². The number of rotatable bonds is 5. The summed E-state index contributed by atoms with van der Waals surface area (Å²) in [5.41, 5.74) is 0. The van der Waals surface area contributed by atoms with Gasteiger partial charge in [-0.1, -0.05) is 32.6 Å². The molecule has 2 unspecified atom stereocenters. The molecule has 1 saturated heterocycles. The van der Waals surface area contributed by atoms with Crippen LogP contribution in [0, 0.1) is 5.92 Å². The minimum Gasteiger partial charge on any atom is -0.353 e. The second-order valence-electron chi connectivity index (χ2n) is 4.50. The SMILES string of the molecule is CCCCCCC1CCC(=O)NC1C. The molecule has 1 aliphatic rings. The van der Waals surface area contributed by atoms with Crippen molar-refractivity contribution in [3.8, 4) is 0 Å². The molecule has 0 aromatic heterocycles. The monoisotopic (exact) mass is 197 g/mol. The van der Waals surface area contributed by atoms with Crippen molar-refractivity contribution in [2.45, 2.75) is 64.8 Å². The molecule has 0 aliphatic carbocycles. The van der Waals surface area contributed by atoms with E-state index >= 15 is 0 Å². The van der Waals surface area contributed by atoms with Crippen LogP contribution in [0.3, 0.4) is 0 Å². The van der Waals surface area contributed by atoms with Crippen LogP contribution in [0.2, 0.25) is 0 Å². The number of nitrogens with one attached hydrogen (secondary N) is 1. The van der Waals surface area contributed by atoms with Gasteiger partial charge in [0.2, 0.25) is 5.91 Å². The van der Waals surface area contributed by atoms with Crippen LogP contribution < -0.4 is 5.32 Å². The van der Waals surface area contributed by atoms with E-state index in [4.69, 9.17) is 0 Å². The van der Waals surface area contributed by atoms with Gasteiger partial charge in [0.05, 0.1) is 0 Å². The van der Waals surface area contributed by atoms with Crippen LogP contribution in [0.1, 0.15) is 58.8 Å². The molecule has 2 atom stereocenters. The summed E-state index contributed by atoms with van der Waals surface area (Å²) in [4.78, 5) is 11.1. The van der Waals surface area contributed by atoms with Gasteiger partial charge in [-0.05, 0) is 25.7 Å². The normalized spacial score (nSPS) is 27.4. The van der Waals surface area contributed by atoms with Crippen molar-refractivity contribution in [2.75, 3.05) is 0 Å². The Morgan fingerprint density at radius 3 is 2.79 bits per heavy atom. The fourth-order valence-corrected chi connectivity index (χ4v) is 2.24. The van der Waals surface area contributed by atoms with E-state index in [-0.39, 0.29) is 5.91 Å². The molecule has 0 spiro atoms. The lowest BCUT2D eigenvalue weighted by molar-refractivity contribution is -0.124. The zero-order valence-corrected chi connectivity index (χ0v) is 9.51. The predicted octanol–water partition coefficient (Wildman–Crippen LogP) is 2.87. The van der Waals surface area contributed by atoms with Gasteiger partial charge < -0.3 is 5.32 Å². The van der Waals surface area contributed by atoms with Gasteiger partial charge in [0.15, 0.2) is 0 Å². The highest BCUT2D eigenvalue weighted by Gasteiger charge is 2.24. The third-order valence-electron chi connectivity index (χ3n) is 3.27. The maximum Gasteiger partial charge on any atom is 0.220 e. The standard InChI is InChI=1S/C12H23NO/c1-3-4-5-6-7-11-8-9-12(14)13-10(11)2/h10-11H,3-9H2,1-2H3,(H,13,14). The van der Waals surface area contributed by atoms with Crippen molar-refractivity contribution in [1.29, 1.82) is 0 Å². The molecule has 2 nitrogen and oxygen atoms in total. The fraction of sp³-hybridized carbons (Fsp3) is 0.917. The Morgan fingerprint density at radius 2 is 2.14 bits per heavy atom. The molecule has 0 radical (unpaired) electrons. The summed E-state index contributed by atoms with van der Waals surface area (Å²) in [6, 6.07) is 0.401. The molecule has 0 saturated carbocycles. The maximum absolute atomic E-state index is 11.1. The minimum absolute atomic E-state index is 0.238. The van der Waals surface area contributed by atoms with Crippen LogP contribution in [-0.4, -0.2) is 11.9 Å². The lowest BCUT2D eigenvalue weighted by atomic mass is 9.87. The topological polar surface area (TPSA) is 29.1 Å². The summed E-state index contributed by atoms with van der Waals surface area (Å²) < 4.78 is 0. The van der Waals surface area contributed by atoms with Crippen molar-refractivity contribution in [3.63, 3.8) is 0 Å². The van der Waals surface area contributed by atoms with Gasteiger partial charge in [-0.15, -0.1) is 0 Å². The Labute approximate surface area is 87.5 Å². The first kappa shape index (κ1) is 11.5. The maximum atomic E-state index is 11.1. The Bertz CT molecular complexity index is 179. The first-order valence-electron chi connectivity index (χ1n) is 6.03. The van der Waals surface area contributed by atoms with E-state index in [0.29, 0.717) is 6.04 Å². The highest BCUT2D eigenvalue weighted by Crippen LogP contribution is 2.23. The number of unbranched alkanes of at least 4 members (excludes halogenated alkanes) is 3. The minimum atomic E-state index is 0.238. The molecule has 2 heteroatoms. The number of hydrogen-bond acceptors (Lipinski definition) is 1. The molecule has 1 aliphatic heterocycles. The molecular weight excluding hydrogens is 174 g/mol. The molecule has 1 heterocycles. The smallest absolute Gasteiger partial charge is 0.220 e. The summed E-state index contributed by atoms with van der Waals surface area (Å²) in [6.45, 7) is 4.38. The highest BCUT2D eigenvalue weighted by atomic mass is 16.1. The van der Waals surface area contributed by atoms with Crippen molar-refractivity contribution in [2.24, 2.45) is 5.92 Å². The van der Waals surface area contributed by atoms with Crippen LogP contribution in [0.4, 0.5) is 0 Å². The van der Waals surface area contributed by atoms with Crippen LogP contribution in [0.25, 0.3) is 0 Å². The van der Waals surface area contributed by atoms with Gasteiger partial charge in [-0.25, -0.2) is 0 Å². The highest BCUT2D eigenvalue weighted by molar-refractivity contribution is 5.77. The zero-order chi connectivity index (χ0) is 10.4. The number of piperidine rings is 1. The van der Waals surface area contributed by atoms with E-state index in [9.17, 15) is 4.79 Å². The third-order valence-corrected chi connectivity index (χ3v) is 3.27. The largest absolute Gasteiger partial charge is 0.353 e. The molecule has 0 aromatic carbocycles. The van der Waals surface area contributed by atoms with Crippen LogP contribution in [-0.2, 0) is 4.79 Å². The number of carbonyl (C=O) groups is 1. The fourth-order valence-electron chi connectivity index (χ4n) is 2.24.